The second-order valence-corrected chi connectivity index (χ2v) is 5.37. The predicted molar refractivity (Wildman–Crippen MR) is 69.4 cm³/mol. The lowest BCUT2D eigenvalue weighted by Gasteiger charge is -2.30. The van der Waals surface area contributed by atoms with E-state index in [0.717, 1.165) is 23.9 Å². The molecule has 18 heavy (non-hydrogen) atoms. The molecule has 96 valence electrons. The van der Waals surface area contributed by atoms with Crippen LogP contribution >= 0.6 is 0 Å². The summed E-state index contributed by atoms with van der Waals surface area (Å²) in [6.07, 6.45) is 2.07. The second-order valence-electron chi connectivity index (χ2n) is 5.37. The molecule has 0 aliphatic heterocycles. The maximum atomic E-state index is 11.2. The Bertz CT molecular complexity index is 637. The first kappa shape index (κ1) is 11.5. The molecule has 1 fully saturated rings. The number of nitrogens with zero attached hydrogens (tertiary/aromatic N) is 1. The first-order valence-electron chi connectivity index (χ1n) is 6.08. The Balaban J connectivity index is 2.09. The number of aromatic amines is 1. The molecule has 1 saturated carbocycles. The molecule has 1 aromatic heterocycles. The van der Waals surface area contributed by atoms with Crippen LogP contribution in [0.25, 0.3) is 11.1 Å². The summed E-state index contributed by atoms with van der Waals surface area (Å²) in [5.41, 5.74) is 8.63. The molecule has 5 heteroatoms. The normalized spacial score (nSPS) is 19.3. The summed E-state index contributed by atoms with van der Waals surface area (Å²) < 4.78 is 5.01. The van der Waals surface area contributed by atoms with Crippen molar-refractivity contribution in [2.75, 3.05) is 14.1 Å². The number of H-pyrrole nitrogens is 1. The molecule has 0 saturated heterocycles. The lowest BCUT2D eigenvalue weighted by molar-refractivity contribution is 0.246. The summed E-state index contributed by atoms with van der Waals surface area (Å²) in [4.78, 5) is 16.0. The number of hydrogen-bond acceptors (Lipinski definition) is 4. The highest BCUT2D eigenvalue weighted by atomic mass is 16.4. The zero-order valence-corrected chi connectivity index (χ0v) is 10.6. The van der Waals surface area contributed by atoms with Crippen molar-refractivity contribution in [1.82, 2.24) is 9.88 Å². The van der Waals surface area contributed by atoms with E-state index in [4.69, 9.17) is 10.2 Å². The second kappa shape index (κ2) is 3.70. The molecule has 0 amide bonds. The van der Waals surface area contributed by atoms with Crippen molar-refractivity contribution in [3.63, 3.8) is 0 Å². The van der Waals surface area contributed by atoms with Gasteiger partial charge in [0.2, 0.25) is 0 Å². The van der Waals surface area contributed by atoms with Gasteiger partial charge in [0, 0.05) is 5.54 Å². The minimum Gasteiger partial charge on any atom is -0.408 e. The number of aromatic nitrogens is 1. The van der Waals surface area contributed by atoms with E-state index in [9.17, 15) is 4.79 Å². The fourth-order valence-electron chi connectivity index (χ4n) is 2.70. The van der Waals surface area contributed by atoms with Crippen molar-refractivity contribution in [3.05, 3.63) is 34.3 Å². The summed E-state index contributed by atoms with van der Waals surface area (Å²) in [5, 5.41) is 0. The summed E-state index contributed by atoms with van der Waals surface area (Å²) in [7, 11) is 4.06. The fraction of sp³-hybridized carbons (Fsp3) is 0.462. The smallest absolute Gasteiger partial charge is 0.408 e. The van der Waals surface area contributed by atoms with E-state index < -0.39 is 5.76 Å². The van der Waals surface area contributed by atoms with Gasteiger partial charge in [-0.15, -0.1) is 0 Å². The van der Waals surface area contributed by atoms with Crippen molar-refractivity contribution in [2.24, 2.45) is 5.73 Å². The van der Waals surface area contributed by atoms with E-state index in [1.165, 1.54) is 0 Å². The lowest BCUT2D eigenvalue weighted by atomic mass is 9.96. The molecule has 1 unspecified atom stereocenters. The van der Waals surface area contributed by atoms with Crippen molar-refractivity contribution in [2.45, 2.75) is 24.4 Å². The molecular weight excluding hydrogens is 230 g/mol. The quantitative estimate of drug-likeness (QED) is 0.855. The molecule has 0 bridgehead atoms. The fourth-order valence-corrected chi connectivity index (χ4v) is 2.70. The number of benzene rings is 1. The molecule has 2 aromatic rings. The third-order valence-electron chi connectivity index (χ3n) is 3.65. The Kier molecular flexibility index (Phi) is 2.36. The van der Waals surface area contributed by atoms with E-state index in [-0.39, 0.29) is 11.6 Å². The Labute approximate surface area is 105 Å². The topological polar surface area (TPSA) is 75.3 Å². The Morgan fingerprint density at radius 2 is 2.17 bits per heavy atom. The van der Waals surface area contributed by atoms with Crippen molar-refractivity contribution >= 4 is 11.1 Å². The predicted octanol–water partition coefficient (Wildman–Crippen LogP) is 1.22. The summed E-state index contributed by atoms with van der Waals surface area (Å²) in [6.45, 7) is 0. The summed E-state index contributed by atoms with van der Waals surface area (Å²) in [6, 6.07) is 5.93. The monoisotopic (exact) mass is 247 g/mol. The molecule has 3 N–H and O–H groups in total. The third-order valence-corrected chi connectivity index (χ3v) is 3.65. The van der Waals surface area contributed by atoms with Crippen LogP contribution in [0.15, 0.2) is 27.4 Å². The van der Waals surface area contributed by atoms with E-state index in [1.807, 2.05) is 32.3 Å². The minimum absolute atomic E-state index is 0.138. The van der Waals surface area contributed by atoms with Gasteiger partial charge >= 0.3 is 5.76 Å². The van der Waals surface area contributed by atoms with Crippen LogP contribution in [0.3, 0.4) is 0 Å². The van der Waals surface area contributed by atoms with Gasteiger partial charge in [-0.25, -0.2) is 4.79 Å². The van der Waals surface area contributed by atoms with Gasteiger partial charge in [0.1, 0.15) is 0 Å². The van der Waals surface area contributed by atoms with Crippen LogP contribution in [-0.4, -0.2) is 29.5 Å². The molecule has 3 rings (SSSR count). The van der Waals surface area contributed by atoms with Gasteiger partial charge < -0.3 is 15.1 Å². The summed E-state index contributed by atoms with van der Waals surface area (Å²) in [5.74, 6) is -0.419. The number of nitrogens with two attached hydrogens (primary N) is 1. The molecule has 0 radical (unpaired) electrons. The van der Waals surface area contributed by atoms with Gasteiger partial charge in [-0.1, -0.05) is 6.07 Å². The molecule has 1 aliphatic carbocycles. The molecule has 1 heterocycles. The van der Waals surface area contributed by atoms with Gasteiger partial charge in [0.05, 0.1) is 11.6 Å². The largest absolute Gasteiger partial charge is 0.417 e. The number of rotatable bonds is 3. The van der Waals surface area contributed by atoms with E-state index in [1.54, 1.807) is 0 Å². The molecule has 0 spiro atoms. The van der Waals surface area contributed by atoms with Gasteiger partial charge in [-0.05, 0) is 44.6 Å². The third kappa shape index (κ3) is 1.76. The van der Waals surface area contributed by atoms with E-state index in [0.29, 0.717) is 5.58 Å². The highest BCUT2D eigenvalue weighted by Crippen LogP contribution is 2.46. The van der Waals surface area contributed by atoms with Crippen LogP contribution in [0.2, 0.25) is 0 Å². The molecule has 5 nitrogen and oxygen atoms in total. The van der Waals surface area contributed by atoms with E-state index in [2.05, 4.69) is 9.88 Å². The average Bonchev–Trinajstić information content (AvgIpc) is 2.89. The molecule has 1 aliphatic rings. The van der Waals surface area contributed by atoms with Crippen molar-refractivity contribution < 1.29 is 4.42 Å². The van der Waals surface area contributed by atoms with Crippen molar-refractivity contribution in [3.8, 4) is 0 Å². The zero-order valence-electron chi connectivity index (χ0n) is 10.6. The number of fused-ring (bicyclic) bond motifs is 1. The van der Waals surface area contributed by atoms with Gasteiger partial charge in [-0.2, -0.15) is 0 Å². The SMILES string of the molecule is CN(C)C(c1ccc2oc(=O)[nH]c2c1)C1(N)CC1. The Morgan fingerprint density at radius 3 is 2.78 bits per heavy atom. The van der Waals surface area contributed by atoms with Crippen LogP contribution in [-0.2, 0) is 0 Å². The number of oxazole rings is 1. The van der Waals surface area contributed by atoms with Gasteiger partial charge in [-0.3, -0.25) is 4.98 Å². The highest BCUT2D eigenvalue weighted by molar-refractivity contribution is 5.73. The highest BCUT2D eigenvalue weighted by Gasteiger charge is 2.47. The number of likely N-dealkylation sites (N-methyl/N-ethyl adjacent to an activating group) is 1. The average molecular weight is 247 g/mol. The Morgan fingerprint density at radius 1 is 1.44 bits per heavy atom. The minimum atomic E-state index is -0.419. The maximum Gasteiger partial charge on any atom is 0.417 e. The first-order chi connectivity index (χ1) is 8.49. The number of nitrogens with one attached hydrogen (secondary N) is 1. The van der Waals surface area contributed by atoms with Gasteiger partial charge in [0.25, 0.3) is 0 Å². The molecule has 1 atom stereocenters. The molecular formula is C13H17N3O2. The van der Waals surface area contributed by atoms with Crippen LogP contribution in [0.1, 0.15) is 24.4 Å². The van der Waals surface area contributed by atoms with Gasteiger partial charge in [0.15, 0.2) is 5.58 Å². The number of hydrogen-bond donors (Lipinski definition) is 2. The van der Waals surface area contributed by atoms with E-state index >= 15 is 0 Å². The van der Waals surface area contributed by atoms with Crippen LogP contribution < -0.4 is 11.5 Å². The first-order valence-corrected chi connectivity index (χ1v) is 6.08. The lowest BCUT2D eigenvalue weighted by Crippen LogP contribution is -2.39. The van der Waals surface area contributed by atoms with Crippen molar-refractivity contribution in [1.29, 1.82) is 0 Å². The summed E-state index contributed by atoms with van der Waals surface area (Å²) >= 11 is 0. The van der Waals surface area contributed by atoms with Crippen LogP contribution in [0, 0.1) is 0 Å². The van der Waals surface area contributed by atoms with Crippen LogP contribution in [0.4, 0.5) is 0 Å². The molecule has 1 aromatic carbocycles. The maximum absolute atomic E-state index is 11.2. The standard InChI is InChI=1S/C13H17N3O2/c1-16(2)11(13(14)5-6-13)8-3-4-10-9(7-8)15-12(17)18-10/h3-4,7,11H,5-6,14H2,1-2H3,(H,15,17). The zero-order chi connectivity index (χ0) is 12.9. The van der Waals surface area contributed by atoms with Crippen LogP contribution in [0.5, 0.6) is 0 Å². The Hall–Kier alpha value is -1.59.